The van der Waals surface area contributed by atoms with Gasteiger partial charge in [0.1, 0.15) is 5.69 Å². The van der Waals surface area contributed by atoms with Crippen LogP contribution in [-0.4, -0.2) is 17.1 Å². The minimum absolute atomic E-state index is 0.283. The number of H-pyrrole nitrogens is 1. The SMILES string of the molecule is COc1c(Cc2c[nH]c3ccccc23)nc(CC(C)C)c(C)[n+]1[O-]. The molecule has 0 radical (unpaired) electrons. The number of hydrogen-bond donors (Lipinski definition) is 1. The predicted molar refractivity (Wildman–Crippen MR) is 94.1 cm³/mol. The van der Waals surface area contributed by atoms with Gasteiger partial charge >= 0.3 is 5.88 Å². The van der Waals surface area contributed by atoms with E-state index < -0.39 is 0 Å². The third-order valence-corrected chi connectivity index (χ3v) is 4.25. The van der Waals surface area contributed by atoms with Crippen LogP contribution in [-0.2, 0) is 12.8 Å². The van der Waals surface area contributed by atoms with Crippen LogP contribution in [0.3, 0.4) is 0 Å². The summed E-state index contributed by atoms with van der Waals surface area (Å²) in [7, 11) is 1.52. The summed E-state index contributed by atoms with van der Waals surface area (Å²) >= 11 is 0. The first-order valence-corrected chi connectivity index (χ1v) is 8.22. The number of aromatic amines is 1. The lowest BCUT2D eigenvalue weighted by atomic mass is 10.0. The maximum Gasteiger partial charge on any atom is 0.402 e. The van der Waals surface area contributed by atoms with E-state index in [1.807, 2.05) is 24.4 Å². The summed E-state index contributed by atoms with van der Waals surface area (Å²) in [4.78, 5) is 8.03. The Hall–Kier alpha value is -2.56. The monoisotopic (exact) mass is 325 g/mol. The molecule has 24 heavy (non-hydrogen) atoms. The minimum Gasteiger partial charge on any atom is -0.616 e. The number of rotatable bonds is 5. The molecule has 3 aromatic rings. The number of benzene rings is 1. The molecule has 0 spiro atoms. The fourth-order valence-electron chi connectivity index (χ4n) is 3.03. The molecule has 126 valence electrons. The Morgan fingerprint density at radius 1 is 1.25 bits per heavy atom. The molecule has 0 unspecified atom stereocenters. The molecule has 0 saturated heterocycles. The molecule has 2 heterocycles. The zero-order chi connectivity index (χ0) is 17.3. The summed E-state index contributed by atoms with van der Waals surface area (Å²) in [5.74, 6) is 0.718. The highest BCUT2D eigenvalue weighted by Crippen LogP contribution is 2.24. The molecule has 2 aromatic heterocycles. The topological polar surface area (TPSA) is 64.8 Å². The van der Waals surface area contributed by atoms with Crippen molar-refractivity contribution >= 4 is 10.9 Å². The van der Waals surface area contributed by atoms with Gasteiger partial charge in [-0.15, -0.1) is 4.73 Å². The van der Waals surface area contributed by atoms with Crippen LogP contribution in [0.2, 0.25) is 0 Å². The number of fused-ring (bicyclic) bond motifs is 1. The molecule has 0 amide bonds. The van der Waals surface area contributed by atoms with Gasteiger partial charge in [-0.1, -0.05) is 32.0 Å². The van der Waals surface area contributed by atoms with Crippen LogP contribution in [0, 0.1) is 18.0 Å². The first-order chi connectivity index (χ1) is 11.5. The summed E-state index contributed by atoms with van der Waals surface area (Å²) < 4.78 is 6.23. The van der Waals surface area contributed by atoms with Crippen molar-refractivity contribution in [3.63, 3.8) is 0 Å². The van der Waals surface area contributed by atoms with Crippen molar-refractivity contribution < 1.29 is 9.47 Å². The zero-order valence-electron chi connectivity index (χ0n) is 14.6. The number of ether oxygens (including phenoxy) is 1. The normalized spacial score (nSPS) is 11.4. The summed E-state index contributed by atoms with van der Waals surface area (Å²) in [5.41, 5.74) is 4.32. The molecular weight excluding hydrogens is 302 g/mol. The Morgan fingerprint density at radius 2 is 2.00 bits per heavy atom. The fourth-order valence-corrected chi connectivity index (χ4v) is 3.03. The van der Waals surface area contributed by atoms with E-state index in [-0.39, 0.29) is 5.88 Å². The van der Waals surface area contributed by atoms with Crippen LogP contribution in [0.15, 0.2) is 30.5 Å². The Balaban J connectivity index is 2.07. The van der Waals surface area contributed by atoms with Crippen molar-refractivity contribution in [3.05, 3.63) is 58.3 Å². The van der Waals surface area contributed by atoms with Crippen LogP contribution in [0.1, 0.15) is 36.5 Å². The van der Waals surface area contributed by atoms with Crippen LogP contribution >= 0.6 is 0 Å². The van der Waals surface area contributed by atoms with E-state index in [1.54, 1.807) is 6.92 Å². The van der Waals surface area contributed by atoms with E-state index in [2.05, 4.69) is 24.9 Å². The highest BCUT2D eigenvalue weighted by molar-refractivity contribution is 5.83. The number of nitrogens with zero attached hydrogens (tertiary/aromatic N) is 2. The van der Waals surface area contributed by atoms with E-state index in [1.165, 1.54) is 7.11 Å². The molecule has 0 aliphatic rings. The number of aromatic nitrogens is 3. The van der Waals surface area contributed by atoms with Gasteiger partial charge in [0.25, 0.3) is 0 Å². The lowest BCUT2D eigenvalue weighted by Crippen LogP contribution is -2.36. The smallest absolute Gasteiger partial charge is 0.402 e. The number of hydrogen-bond acceptors (Lipinski definition) is 3. The van der Waals surface area contributed by atoms with Crippen molar-refractivity contribution in [2.45, 2.75) is 33.6 Å². The van der Waals surface area contributed by atoms with Crippen molar-refractivity contribution in [2.75, 3.05) is 7.11 Å². The zero-order valence-corrected chi connectivity index (χ0v) is 14.6. The molecule has 0 aliphatic heterocycles. The second-order valence-corrected chi connectivity index (χ2v) is 6.53. The summed E-state index contributed by atoms with van der Waals surface area (Å²) in [6, 6.07) is 8.12. The molecular formula is C19H23N3O2. The molecule has 0 atom stereocenters. The number of nitrogens with one attached hydrogen (secondary N) is 1. The maximum atomic E-state index is 12.6. The van der Waals surface area contributed by atoms with E-state index in [4.69, 9.17) is 9.72 Å². The molecule has 0 saturated carbocycles. The summed E-state index contributed by atoms with van der Waals surface area (Å²) in [5, 5.41) is 13.7. The van der Waals surface area contributed by atoms with Crippen molar-refractivity contribution in [1.82, 2.24) is 9.97 Å². The molecule has 5 nitrogen and oxygen atoms in total. The van der Waals surface area contributed by atoms with Gasteiger partial charge in [-0.2, -0.15) is 0 Å². The van der Waals surface area contributed by atoms with E-state index in [0.717, 1.165) is 33.3 Å². The van der Waals surface area contributed by atoms with Crippen molar-refractivity contribution in [2.24, 2.45) is 5.92 Å². The molecule has 1 aromatic carbocycles. The molecule has 0 fully saturated rings. The van der Waals surface area contributed by atoms with Gasteiger partial charge in [0.15, 0.2) is 5.69 Å². The van der Waals surface area contributed by atoms with E-state index in [9.17, 15) is 5.21 Å². The molecule has 3 rings (SSSR count). The summed E-state index contributed by atoms with van der Waals surface area (Å²) in [6.07, 6.45) is 3.31. The van der Waals surface area contributed by atoms with Crippen LogP contribution in [0.4, 0.5) is 0 Å². The first-order valence-electron chi connectivity index (χ1n) is 8.22. The van der Waals surface area contributed by atoms with Crippen molar-refractivity contribution in [3.8, 4) is 5.88 Å². The van der Waals surface area contributed by atoms with Gasteiger partial charge in [0.2, 0.25) is 5.69 Å². The van der Waals surface area contributed by atoms with Gasteiger partial charge in [-0.05, 0) is 24.0 Å². The Kier molecular flexibility index (Phi) is 4.42. The van der Waals surface area contributed by atoms with Crippen LogP contribution < -0.4 is 9.47 Å². The quantitative estimate of drug-likeness (QED) is 0.578. The average molecular weight is 325 g/mol. The summed E-state index contributed by atoms with van der Waals surface area (Å²) in [6.45, 7) is 6.05. The second-order valence-electron chi connectivity index (χ2n) is 6.53. The van der Waals surface area contributed by atoms with Gasteiger partial charge in [0, 0.05) is 30.4 Å². The van der Waals surface area contributed by atoms with Crippen molar-refractivity contribution in [1.29, 1.82) is 0 Å². The predicted octanol–water partition coefficient (Wildman–Crippen LogP) is 3.30. The standard InChI is InChI=1S/C19H23N3O2/c1-12(2)9-17-13(3)22(23)19(24-4)18(21-17)10-14-11-20-16-8-6-5-7-15(14)16/h5-8,11-12,20H,9-10H2,1-4H3. The maximum absolute atomic E-state index is 12.6. The minimum atomic E-state index is 0.283. The Morgan fingerprint density at radius 3 is 2.71 bits per heavy atom. The first kappa shape index (κ1) is 16.3. The third kappa shape index (κ3) is 2.94. The van der Waals surface area contributed by atoms with Gasteiger partial charge < -0.3 is 14.9 Å². The lowest BCUT2D eigenvalue weighted by molar-refractivity contribution is -0.620. The van der Waals surface area contributed by atoms with Gasteiger partial charge in [-0.3, -0.25) is 0 Å². The third-order valence-electron chi connectivity index (χ3n) is 4.25. The Labute approximate surface area is 141 Å². The Bertz CT molecular complexity index is 868. The number of para-hydroxylation sites is 1. The highest BCUT2D eigenvalue weighted by Gasteiger charge is 2.23. The fraction of sp³-hybridized carbons (Fsp3) is 0.368. The molecule has 0 bridgehead atoms. The van der Waals surface area contributed by atoms with Gasteiger partial charge in [-0.25, -0.2) is 4.98 Å². The number of methoxy groups -OCH3 is 1. The van der Waals surface area contributed by atoms with Gasteiger partial charge in [0.05, 0.1) is 7.11 Å². The average Bonchev–Trinajstić information content (AvgIpc) is 2.95. The lowest BCUT2D eigenvalue weighted by Gasteiger charge is -2.14. The van der Waals surface area contributed by atoms with Crippen LogP contribution in [0.5, 0.6) is 5.88 Å². The molecule has 5 heteroatoms. The highest BCUT2D eigenvalue weighted by atomic mass is 16.5. The van der Waals surface area contributed by atoms with E-state index in [0.29, 0.717) is 23.7 Å². The largest absolute Gasteiger partial charge is 0.616 e. The molecule has 1 N–H and O–H groups in total. The van der Waals surface area contributed by atoms with Crippen LogP contribution in [0.25, 0.3) is 10.9 Å². The second kappa shape index (κ2) is 6.51. The van der Waals surface area contributed by atoms with E-state index >= 15 is 0 Å². The molecule has 0 aliphatic carbocycles.